The Labute approximate surface area is 201 Å². The minimum atomic E-state index is -0.665. The third-order valence-electron chi connectivity index (χ3n) is 6.09. The first-order valence-corrected chi connectivity index (χ1v) is 11.3. The Morgan fingerprint density at radius 3 is 2.51 bits per heavy atom. The fourth-order valence-electron chi connectivity index (χ4n) is 4.40. The predicted molar refractivity (Wildman–Crippen MR) is 129 cm³/mol. The maximum Gasteiger partial charge on any atom is 0.253 e. The summed E-state index contributed by atoms with van der Waals surface area (Å²) in [6, 6.07) is 10.7. The number of aromatic amines is 1. The number of rotatable bonds is 7. The molecule has 1 aromatic carbocycles. The van der Waals surface area contributed by atoms with E-state index in [4.69, 9.17) is 4.74 Å². The minimum Gasteiger partial charge on any atom is -0.368 e. The van der Waals surface area contributed by atoms with Crippen molar-refractivity contribution in [2.24, 2.45) is 0 Å². The minimum absolute atomic E-state index is 0.00392. The van der Waals surface area contributed by atoms with E-state index in [9.17, 15) is 18.4 Å². The lowest BCUT2D eigenvalue weighted by Gasteiger charge is -2.21. The van der Waals surface area contributed by atoms with Crippen LogP contribution in [0.5, 0.6) is 0 Å². The molecule has 182 valence electrons. The van der Waals surface area contributed by atoms with Gasteiger partial charge in [-0.25, -0.2) is 8.78 Å². The van der Waals surface area contributed by atoms with Crippen molar-refractivity contribution < 1.29 is 18.3 Å². The van der Waals surface area contributed by atoms with Crippen LogP contribution < -0.4 is 10.9 Å². The molecule has 0 aliphatic heterocycles. The van der Waals surface area contributed by atoms with Crippen LogP contribution in [0.25, 0.3) is 5.52 Å². The van der Waals surface area contributed by atoms with Crippen LogP contribution in [0.3, 0.4) is 0 Å². The summed E-state index contributed by atoms with van der Waals surface area (Å²) in [6.07, 6.45) is 1.39. The molecule has 0 aliphatic carbocycles. The summed E-state index contributed by atoms with van der Waals surface area (Å²) in [5.74, 6) is -1.64. The standard InChI is InChI=1S/C27H27F2N3O3/c1-15-8-16(2)31-27(34)24(15)13-30-26(33)23-12-22-6-5-7-32(22)25(17(23)3)18(4)35-14-19-9-20(28)11-21(29)10-19/h5-12,18H,13-14H2,1-4H3,(H,30,33)(H,31,34). The maximum atomic E-state index is 13.5. The van der Waals surface area contributed by atoms with Gasteiger partial charge < -0.3 is 19.4 Å². The molecule has 6 nitrogen and oxygen atoms in total. The number of aromatic nitrogens is 2. The Hall–Kier alpha value is -3.78. The Balaban J connectivity index is 1.60. The molecule has 0 bridgehead atoms. The summed E-state index contributed by atoms with van der Waals surface area (Å²) in [5, 5.41) is 2.86. The lowest BCUT2D eigenvalue weighted by molar-refractivity contribution is 0.0482. The largest absolute Gasteiger partial charge is 0.368 e. The van der Waals surface area contributed by atoms with Gasteiger partial charge in [-0.15, -0.1) is 0 Å². The topological polar surface area (TPSA) is 75.6 Å². The number of nitrogens with zero attached hydrogens (tertiary/aromatic N) is 1. The van der Waals surface area contributed by atoms with Crippen LogP contribution >= 0.6 is 0 Å². The number of pyridine rings is 2. The molecule has 8 heteroatoms. The maximum absolute atomic E-state index is 13.5. The summed E-state index contributed by atoms with van der Waals surface area (Å²) >= 11 is 0. The van der Waals surface area contributed by atoms with Crippen molar-refractivity contribution in [3.05, 3.63) is 110 Å². The molecule has 35 heavy (non-hydrogen) atoms. The zero-order chi connectivity index (χ0) is 25.3. The highest BCUT2D eigenvalue weighted by Gasteiger charge is 2.21. The number of benzene rings is 1. The van der Waals surface area contributed by atoms with E-state index >= 15 is 0 Å². The number of ether oxygens (including phenoxy) is 1. The summed E-state index contributed by atoms with van der Waals surface area (Å²) in [7, 11) is 0. The predicted octanol–water partition coefficient (Wildman–Crippen LogP) is 5.04. The van der Waals surface area contributed by atoms with E-state index in [1.807, 2.05) is 56.5 Å². The van der Waals surface area contributed by atoms with Gasteiger partial charge in [0.25, 0.3) is 11.5 Å². The number of fused-ring (bicyclic) bond motifs is 1. The highest BCUT2D eigenvalue weighted by atomic mass is 19.1. The van der Waals surface area contributed by atoms with E-state index in [1.54, 1.807) is 6.07 Å². The molecule has 0 fully saturated rings. The van der Waals surface area contributed by atoms with Gasteiger partial charge in [-0.2, -0.15) is 0 Å². The number of nitrogens with one attached hydrogen (secondary N) is 2. The molecule has 3 aromatic heterocycles. The average Bonchev–Trinajstić information content (AvgIpc) is 3.23. The van der Waals surface area contributed by atoms with Gasteiger partial charge in [0.05, 0.1) is 18.4 Å². The Morgan fingerprint density at radius 2 is 1.83 bits per heavy atom. The lowest BCUT2D eigenvalue weighted by Crippen LogP contribution is -2.29. The first-order chi connectivity index (χ1) is 16.6. The van der Waals surface area contributed by atoms with Gasteiger partial charge in [-0.3, -0.25) is 9.59 Å². The van der Waals surface area contributed by atoms with E-state index < -0.39 is 17.7 Å². The van der Waals surface area contributed by atoms with Crippen molar-refractivity contribution in [1.82, 2.24) is 14.7 Å². The molecule has 4 aromatic rings. The van der Waals surface area contributed by atoms with Gasteiger partial charge in [0, 0.05) is 41.1 Å². The van der Waals surface area contributed by atoms with Crippen molar-refractivity contribution in [2.45, 2.75) is 47.0 Å². The second-order valence-corrected chi connectivity index (χ2v) is 8.73. The van der Waals surface area contributed by atoms with Crippen molar-refractivity contribution in [2.75, 3.05) is 0 Å². The van der Waals surface area contributed by atoms with E-state index in [0.717, 1.165) is 28.5 Å². The van der Waals surface area contributed by atoms with Gasteiger partial charge in [0.1, 0.15) is 11.6 Å². The highest BCUT2D eigenvalue weighted by molar-refractivity contribution is 5.97. The molecular weight excluding hydrogens is 452 g/mol. The van der Waals surface area contributed by atoms with Gasteiger partial charge in [-0.1, -0.05) is 0 Å². The van der Waals surface area contributed by atoms with E-state index in [2.05, 4.69) is 10.3 Å². The summed E-state index contributed by atoms with van der Waals surface area (Å²) in [4.78, 5) is 28.2. The lowest BCUT2D eigenvalue weighted by atomic mass is 10.0. The first kappa shape index (κ1) is 24.3. The van der Waals surface area contributed by atoms with Crippen LogP contribution in [0, 0.1) is 32.4 Å². The quantitative estimate of drug-likeness (QED) is 0.390. The molecule has 0 radical (unpaired) electrons. The van der Waals surface area contributed by atoms with Crippen LogP contribution in [0.2, 0.25) is 0 Å². The normalized spacial score (nSPS) is 12.2. The second-order valence-electron chi connectivity index (χ2n) is 8.73. The van der Waals surface area contributed by atoms with Gasteiger partial charge in [-0.05, 0) is 80.8 Å². The molecular formula is C27H27F2N3O3. The van der Waals surface area contributed by atoms with Crippen LogP contribution in [-0.4, -0.2) is 15.3 Å². The van der Waals surface area contributed by atoms with Gasteiger partial charge in [0.2, 0.25) is 0 Å². The van der Waals surface area contributed by atoms with Crippen LogP contribution in [0.4, 0.5) is 8.78 Å². The zero-order valence-electron chi connectivity index (χ0n) is 20.0. The van der Waals surface area contributed by atoms with E-state index in [1.165, 1.54) is 12.1 Å². The number of carbonyl (C=O) groups excluding carboxylic acids is 1. The van der Waals surface area contributed by atoms with Crippen LogP contribution in [0.1, 0.15) is 57.0 Å². The number of aryl methyl sites for hydroxylation is 2. The number of hydrogen-bond donors (Lipinski definition) is 2. The van der Waals surface area contributed by atoms with Crippen LogP contribution in [-0.2, 0) is 17.9 Å². The number of hydrogen-bond acceptors (Lipinski definition) is 3. The van der Waals surface area contributed by atoms with Crippen molar-refractivity contribution in [3.8, 4) is 0 Å². The SMILES string of the molecule is Cc1cc(C)c(CNC(=O)c2cc3cccn3c(C(C)OCc3cc(F)cc(F)c3)c2C)c(=O)[nH]1. The molecule has 4 rings (SSSR count). The molecule has 0 spiro atoms. The monoisotopic (exact) mass is 479 g/mol. The fraction of sp³-hybridized carbons (Fsp3) is 0.259. The molecule has 0 saturated heterocycles. The van der Waals surface area contributed by atoms with Crippen LogP contribution in [0.15, 0.2) is 53.5 Å². The Bertz CT molecular complexity index is 1450. The van der Waals surface area contributed by atoms with E-state index in [0.29, 0.717) is 22.3 Å². The molecule has 0 saturated carbocycles. The summed E-state index contributed by atoms with van der Waals surface area (Å²) in [5.41, 5.74) is 4.94. The summed E-state index contributed by atoms with van der Waals surface area (Å²) < 4.78 is 35.0. The third-order valence-corrected chi connectivity index (χ3v) is 6.09. The van der Waals surface area contributed by atoms with Gasteiger partial charge >= 0.3 is 0 Å². The number of H-pyrrole nitrogens is 1. The average molecular weight is 480 g/mol. The number of amides is 1. The van der Waals surface area contributed by atoms with Gasteiger partial charge in [0.15, 0.2) is 0 Å². The van der Waals surface area contributed by atoms with Crippen molar-refractivity contribution >= 4 is 11.4 Å². The molecule has 1 unspecified atom stereocenters. The Kier molecular flexibility index (Phi) is 6.84. The first-order valence-electron chi connectivity index (χ1n) is 11.3. The smallest absolute Gasteiger partial charge is 0.253 e. The van der Waals surface area contributed by atoms with E-state index in [-0.39, 0.29) is 24.6 Å². The summed E-state index contributed by atoms with van der Waals surface area (Å²) in [6.45, 7) is 7.40. The molecule has 3 heterocycles. The number of halogens is 2. The molecule has 2 N–H and O–H groups in total. The zero-order valence-corrected chi connectivity index (χ0v) is 20.0. The fourth-order valence-corrected chi connectivity index (χ4v) is 4.40. The molecule has 1 amide bonds. The highest BCUT2D eigenvalue weighted by Crippen LogP contribution is 2.27. The third kappa shape index (κ3) is 5.17. The van der Waals surface area contributed by atoms with Crippen molar-refractivity contribution in [1.29, 1.82) is 0 Å². The Morgan fingerprint density at radius 1 is 1.11 bits per heavy atom. The second kappa shape index (κ2) is 9.84. The molecule has 0 aliphatic rings. The number of carbonyl (C=O) groups is 1. The van der Waals surface area contributed by atoms with Crippen molar-refractivity contribution in [3.63, 3.8) is 0 Å². The molecule has 1 atom stereocenters.